The molecule has 0 aliphatic rings. The molecular formula is C19H18N4O3S. The third kappa shape index (κ3) is 4.68. The molecule has 0 aliphatic heterocycles. The summed E-state index contributed by atoms with van der Waals surface area (Å²) in [6.07, 6.45) is 0. The van der Waals surface area contributed by atoms with Gasteiger partial charge in [0.25, 0.3) is 5.91 Å². The number of carbonyl (C=O) groups is 2. The van der Waals surface area contributed by atoms with Crippen LogP contribution in [-0.4, -0.2) is 29.2 Å². The molecule has 1 aromatic heterocycles. The first-order valence-corrected chi connectivity index (χ1v) is 8.99. The smallest absolute Gasteiger partial charge is 0.335 e. The second kappa shape index (κ2) is 8.41. The molecule has 1 amide bonds. The maximum atomic E-state index is 12.4. The Morgan fingerprint density at radius 1 is 1.04 bits per heavy atom. The molecule has 0 saturated heterocycles. The first-order chi connectivity index (χ1) is 13.1. The molecule has 3 rings (SSSR count). The van der Waals surface area contributed by atoms with E-state index < -0.39 is 17.9 Å². The Balaban J connectivity index is 1.77. The van der Waals surface area contributed by atoms with Crippen molar-refractivity contribution in [3.8, 4) is 0 Å². The van der Waals surface area contributed by atoms with Crippen LogP contribution in [0, 0.1) is 6.92 Å². The zero-order valence-electron chi connectivity index (χ0n) is 14.8. The fourth-order valence-electron chi connectivity index (χ4n) is 2.31. The fraction of sp³-hybridized carbons (Fsp3) is 0.158. The molecule has 8 heteroatoms. The highest BCUT2D eigenvalue weighted by Crippen LogP contribution is 2.26. The van der Waals surface area contributed by atoms with Crippen LogP contribution in [0.15, 0.2) is 54.6 Å². The SMILES string of the molecule is COC(=O)[C@@H](NC(=O)c1ccccc1)c1nnc(Nc2ccc(C)cc2)s1. The molecule has 2 N–H and O–H groups in total. The van der Waals surface area contributed by atoms with Crippen molar-refractivity contribution in [1.29, 1.82) is 0 Å². The Morgan fingerprint density at radius 3 is 2.41 bits per heavy atom. The van der Waals surface area contributed by atoms with Gasteiger partial charge < -0.3 is 15.4 Å². The number of methoxy groups -OCH3 is 1. The van der Waals surface area contributed by atoms with Crippen LogP contribution >= 0.6 is 11.3 Å². The number of aromatic nitrogens is 2. The molecule has 1 atom stereocenters. The van der Waals surface area contributed by atoms with Crippen molar-refractivity contribution in [2.24, 2.45) is 0 Å². The van der Waals surface area contributed by atoms with Gasteiger partial charge in [0.2, 0.25) is 5.13 Å². The van der Waals surface area contributed by atoms with Crippen LogP contribution in [-0.2, 0) is 9.53 Å². The first kappa shape index (κ1) is 18.5. The maximum absolute atomic E-state index is 12.4. The van der Waals surface area contributed by atoms with Crippen molar-refractivity contribution in [2.75, 3.05) is 12.4 Å². The summed E-state index contributed by atoms with van der Waals surface area (Å²) in [5.74, 6) is -1.01. The number of carbonyl (C=O) groups excluding carboxylic acids is 2. The highest BCUT2D eigenvalue weighted by atomic mass is 32.1. The largest absolute Gasteiger partial charge is 0.467 e. The van der Waals surface area contributed by atoms with Gasteiger partial charge in [0.05, 0.1) is 7.11 Å². The number of hydrogen-bond acceptors (Lipinski definition) is 7. The van der Waals surface area contributed by atoms with Gasteiger partial charge in [-0.25, -0.2) is 4.79 Å². The van der Waals surface area contributed by atoms with Crippen molar-refractivity contribution in [1.82, 2.24) is 15.5 Å². The number of nitrogens with one attached hydrogen (secondary N) is 2. The summed E-state index contributed by atoms with van der Waals surface area (Å²) in [6, 6.07) is 15.4. The van der Waals surface area contributed by atoms with Crippen molar-refractivity contribution < 1.29 is 14.3 Å². The first-order valence-electron chi connectivity index (χ1n) is 8.17. The Hall–Kier alpha value is -3.26. The lowest BCUT2D eigenvalue weighted by atomic mass is 10.2. The van der Waals surface area contributed by atoms with Crippen molar-refractivity contribution in [2.45, 2.75) is 13.0 Å². The minimum absolute atomic E-state index is 0.334. The van der Waals surface area contributed by atoms with Crippen LogP contribution in [0.3, 0.4) is 0 Å². The third-order valence-electron chi connectivity index (χ3n) is 3.74. The molecule has 0 radical (unpaired) electrons. The predicted octanol–water partition coefficient (Wildman–Crippen LogP) is 3.23. The molecule has 0 aliphatic carbocycles. The fourth-order valence-corrected chi connectivity index (χ4v) is 3.11. The van der Waals surface area contributed by atoms with Crippen molar-refractivity contribution >= 4 is 34.0 Å². The molecule has 1 heterocycles. The molecule has 7 nitrogen and oxygen atoms in total. The number of esters is 1. The Morgan fingerprint density at radius 2 is 1.74 bits per heavy atom. The van der Waals surface area contributed by atoms with Crippen LogP contribution < -0.4 is 10.6 Å². The number of aryl methyl sites for hydroxylation is 1. The molecule has 3 aromatic rings. The lowest BCUT2D eigenvalue weighted by Gasteiger charge is -2.13. The van der Waals surface area contributed by atoms with Crippen LogP contribution in [0.25, 0.3) is 0 Å². The quantitative estimate of drug-likeness (QED) is 0.636. The van der Waals surface area contributed by atoms with E-state index in [4.69, 9.17) is 4.74 Å². The normalized spacial score (nSPS) is 11.5. The summed E-state index contributed by atoms with van der Waals surface area (Å²) >= 11 is 1.17. The van der Waals surface area contributed by atoms with Gasteiger partial charge in [-0.2, -0.15) is 0 Å². The Labute approximate surface area is 160 Å². The van der Waals surface area contributed by atoms with Crippen molar-refractivity contribution in [3.63, 3.8) is 0 Å². The van der Waals surface area contributed by atoms with Crippen LogP contribution in [0.4, 0.5) is 10.8 Å². The molecule has 0 bridgehead atoms. The van der Waals surface area contributed by atoms with Crippen LogP contribution in [0.2, 0.25) is 0 Å². The van der Waals surface area contributed by atoms with E-state index in [0.717, 1.165) is 11.3 Å². The minimum atomic E-state index is -1.03. The van der Waals surface area contributed by atoms with E-state index in [0.29, 0.717) is 15.7 Å². The standard InChI is InChI=1S/C19H18N4O3S/c1-12-8-10-14(11-9-12)20-19-23-22-17(27-19)15(18(25)26-2)21-16(24)13-6-4-3-5-7-13/h3-11,15H,1-2H3,(H,20,23)(H,21,24)/t15-/m0/s1. The second-order valence-corrected chi connectivity index (χ2v) is 6.74. The van der Waals surface area contributed by atoms with Gasteiger partial charge >= 0.3 is 5.97 Å². The van der Waals surface area contributed by atoms with Crippen LogP contribution in [0.1, 0.15) is 27.0 Å². The molecule has 0 unspecified atom stereocenters. The zero-order valence-corrected chi connectivity index (χ0v) is 15.6. The van der Waals surface area contributed by atoms with Gasteiger partial charge in [-0.3, -0.25) is 4.79 Å². The average molecular weight is 382 g/mol. The van der Waals surface area contributed by atoms with Gasteiger partial charge in [-0.05, 0) is 31.2 Å². The van der Waals surface area contributed by atoms with E-state index in [1.165, 1.54) is 18.4 Å². The van der Waals surface area contributed by atoms with E-state index in [9.17, 15) is 9.59 Å². The summed E-state index contributed by atoms with van der Waals surface area (Å²) in [5, 5.41) is 14.7. The van der Waals surface area contributed by atoms with Gasteiger partial charge in [0.1, 0.15) is 0 Å². The zero-order chi connectivity index (χ0) is 19.2. The predicted molar refractivity (Wildman–Crippen MR) is 103 cm³/mol. The lowest BCUT2D eigenvalue weighted by molar-refractivity contribution is -0.143. The van der Waals surface area contributed by atoms with Gasteiger partial charge in [0, 0.05) is 11.3 Å². The highest BCUT2D eigenvalue weighted by molar-refractivity contribution is 7.15. The van der Waals surface area contributed by atoms with E-state index in [1.807, 2.05) is 37.3 Å². The average Bonchev–Trinajstić information content (AvgIpc) is 3.16. The van der Waals surface area contributed by atoms with E-state index in [-0.39, 0.29) is 0 Å². The summed E-state index contributed by atoms with van der Waals surface area (Å²) in [7, 11) is 1.26. The van der Waals surface area contributed by atoms with Gasteiger partial charge in [-0.1, -0.05) is 47.2 Å². The molecule has 0 fully saturated rings. The monoisotopic (exact) mass is 382 g/mol. The number of amides is 1. The second-order valence-electron chi connectivity index (χ2n) is 5.73. The summed E-state index contributed by atoms with van der Waals surface area (Å²) < 4.78 is 4.81. The molecule has 0 spiro atoms. The Kier molecular flexibility index (Phi) is 5.77. The van der Waals surface area contributed by atoms with E-state index >= 15 is 0 Å². The number of benzene rings is 2. The molecular weight excluding hydrogens is 364 g/mol. The Bertz CT molecular complexity index is 926. The molecule has 27 heavy (non-hydrogen) atoms. The van der Waals surface area contributed by atoms with Gasteiger partial charge in [0.15, 0.2) is 11.0 Å². The number of ether oxygens (including phenoxy) is 1. The third-order valence-corrected chi connectivity index (χ3v) is 4.64. The molecule has 138 valence electrons. The minimum Gasteiger partial charge on any atom is -0.467 e. The van der Waals surface area contributed by atoms with E-state index in [1.54, 1.807) is 24.3 Å². The van der Waals surface area contributed by atoms with Crippen LogP contribution in [0.5, 0.6) is 0 Å². The highest BCUT2D eigenvalue weighted by Gasteiger charge is 2.28. The number of nitrogens with zero attached hydrogens (tertiary/aromatic N) is 2. The maximum Gasteiger partial charge on any atom is 0.335 e. The number of hydrogen-bond donors (Lipinski definition) is 2. The van der Waals surface area contributed by atoms with Crippen molar-refractivity contribution in [3.05, 3.63) is 70.7 Å². The summed E-state index contributed by atoms with van der Waals surface area (Å²) in [6.45, 7) is 2.00. The lowest BCUT2D eigenvalue weighted by Crippen LogP contribution is -2.34. The number of anilines is 2. The van der Waals surface area contributed by atoms with E-state index in [2.05, 4.69) is 20.8 Å². The molecule has 2 aromatic carbocycles. The summed E-state index contributed by atoms with van der Waals surface area (Å²) in [5.41, 5.74) is 2.44. The molecule has 0 saturated carbocycles. The van der Waals surface area contributed by atoms with Gasteiger partial charge in [-0.15, -0.1) is 10.2 Å². The number of rotatable bonds is 6. The summed E-state index contributed by atoms with van der Waals surface area (Å²) in [4.78, 5) is 24.6. The topological polar surface area (TPSA) is 93.2 Å².